The summed E-state index contributed by atoms with van der Waals surface area (Å²) in [6, 6.07) is 19.6. The van der Waals surface area contributed by atoms with E-state index in [4.69, 9.17) is 11.6 Å². The molecule has 1 heterocycles. The third-order valence-electron chi connectivity index (χ3n) is 4.03. The van der Waals surface area contributed by atoms with E-state index in [-0.39, 0.29) is 16.3 Å². The van der Waals surface area contributed by atoms with Gasteiger partial charge >= 0.3 is 0 Å². The first-order chi connectivity index (χ1) is 12.6. The fourth-order valence-corrected chi connectivity index (χ4v) is 2.97. The lowest BCUT2D eigenvalue weighted by molar-refractivity contribution is 0.102. The van der Waals surface area contributed by atoms with Crippen LogP contribution in [0.1, 0.15) is 10.4 Å². The van der Waals surface area contributed by atoms with Crippen molar-refractivity contribution in [3.8, 4) is 11.4 Å². The van der Waals surface area contributed by atoms with Gasteiger partial charge in [-0.15, -0.1) is 0 Å². The van der Waals surface area contributed by atoms with E-state index in [1.165, 1.54) is 18.2 Å². The predicted molar refractivity (Wildman–Crippen MR) is 102 cm³/mol. The largest absolute Gasteiger partial charge is 0.508 e. The molecule has 0 atom stereocenters. The van der Waals surface area contributed by atoms with Gasteiger partial charge in [0.2, 0.25) is 0 Å². The van der Waals surface area contributed by atoms with Crippen LogP contribution in [0.25, 0.3) is 16.7 Å². The number of fused-ring (bicyclic) bond motifs is 1. The number of aromatic nitrogens is 2. The summed E-state index contributed by atoms with van der Waals surface area (Å²) < 4.78 is 1.98. The predicted octanol–water partition coefficient (Wildman–Crippen LogP) is 4.64. The number of hydrogen-bond acceptors (Lipinski definition) is 3. The molecule has 0 radical (unpaired) electrons. The summed E-state index contributed by atoms with van der Waals surface area (Å²) in [7, 11) is 0. The van der Waals surface area contributed by atoms with Crippen LogP contribution >= 0.6 is 11.6 Å². The van der Waals surface area contributed by atoms with Gasteiger partial charge in [0.1, 0.15) is 12.1 Å². The quantitative estimate of drug-likeness (QED) is 0.557. The fourth-order valence-electron chi connectivity index (χ4n) is 2.77. The van der Waals surface area contributed by atoms with Gasteiger partial charge in [0.15, 0.2) is 0 Å². The van der Waals surface area contributed by atoms with Crippen LogP contribution in [0, 0.1) is 0 Å². The number of nitrogens with zero attached hydrogens (tertiary/aromatic N) is 2. The van der Waals surface area contributed by atoms with Crippen LogP contribution in [0.15, 0.2) is 73.1 Å². The van der Waals surface area contributed by atoms with Crippen LogP contribution in [0.2, 0.25) is 5.02 Å². The number of carbonyl (C=O) groups is 1. The molecule has 128 valence electrons. The minimum absolute atomic E-state index is 0.0170. The Labute approximate surface area is 154 Å². The average molecular weight is 364 g/mol. The van der Waals surface area contributed by atoms with Crippen LogP contribution < -0.4 is 5.32 Å². The Bertz CT molecular complexity index is 1110. The number of imidazole rings is 1. The molecule has 0 unspecified atom stereocenters. The van der Waals surface area contributed by atoms with Gasteiger partial charge in [0, 0.05) is 11.4 Å². The Hall–Kier alpha value is -3.31. The van der Waals surface area contributed by atoms with E-state index in [9.17, 15) is 9.90 Å². The lowest BCUT2D eigenvalue weighted by atomic mass is 10.2. The maximum Gasteiger partial charge on any atom is 0.257 e. The molecule has 3 aromatic carbocycles. The molecular formula is C20H14ClN3O2. The lowest BCUT2D eigenvalue weighted by Gasteiger charge is -2.08. The number of phenols is 1. The highest BCUT2D eigenvalue weighted by Crippen LogP contribution is 2.24. The van der Waals surface area contributed by atoms with Gasteiger partial charge in [-0.1, -0.05) is 29.8 Å². The van der Waals surface area contributed by atoms with Gasteiger partial charge in [-0.2, -0.15) is 0 Å². The Balaban J connectivity index is 1.64. The highest BCUT2D eigenvalue weighted by atomic mass is 35.5. The third kappa shape index (κ3) is 3.00. The summed E-state index contributed by atoms with van der Waals surface area (Å²) in [5, 5.41) is 12.6. The van der Waals surface area contributed by atoms with Crippen molar-refractivity contribution in [2.24, 2.45) is 0 Å². The highest BCUT2D eigenvalue weighted by molar-refractivity contribution is 6.34. The molecule has 0 aliphatic carbocycles. The molecule has 4 rings (SSSR count). The minimum Gasteiger partial charge on any atom is -0.508 e. The molecule has 0 aliphatic heterocycles. The number of anilines is 1. The molecule has 0 spiro atoms. The second-order valence-electron chi connectivity index (χ2n) is 5.77. The third-order valence-corrected chi connectivity index (χ3v) is 4.36. The standard InChI is InChI=1S/C20H14ClN3O2/c21-17-8-7-15(25)11-16(17)20(26)23-13-6-9-19-18(10-13)22-12-24(19)14-4-2-1-3-5-14/h1-12,25H,(H,23,26). The average Bonchev–Trinajstić information content (AvgIpc) is 3.07. The van der Waals surface area contributed by atoms with E-state index in [0.29, 0.717) is 5.69 Å². The number of carbonyl (C=O) groups excluding carboxylic acids is 1. The molecule has 0 aliphatic rings. The van der Waals surface area contributed by atoms with E-state index >= 15 is 0 Å². The lowest BCUT2D eigenvalue weighted by Crippen LogP contribution is -2.12. The molecule has 1 amide bonds. The van der Waals surface area contributed by atoms with Crippen molar-refractivity contribution in [3.05, 3.63) is 83.6 Å². The normalized spacial score (nSPS) is 10.8. The van der Waals surface area contributed by atoms with E-state index < -0.39 is 5.91 Å². The first-order valence-corrected chi connectivity index (χ1v) is 8.32. The maximum atomic E-state index is 12.4. The van der Waals surface area contributed by atoms with E-state index in [1.807, 2.05) is 41.0 Å². The second-order valence-corrected chi connectivity index (χ2v) is 6.18. The maximum absolute atomic E-state index is 12.4. The topological polar surface area (TPSA) is 67.2 Å². The van der Waals surface area contributed by atoms with E-state index in [0.717, 1.165) is 16.7 Å². The summed E-state index contributed by atoms with van der Waals surface area (Å²) >= 11 is 6.04. The van der Waals surface area contributed by atoms with Crippen LogP contribution in [0.3, 0.4) is 0 Å². The molecule has 4 aromatic rings. The second kappa shape index (κ2) is 6.54. The Morgan fingerprint density at radius 1 is 1.04 bits per heavy atom. The van der Waals surface area contributed by atoms with Crippen molar-refractivity contribution >= 4 is 34.2 Å². The SMILES string of the molecule is O=C(Nc1ccc2c(c1)ncn2-c1ccccc1)c1cc(O)ccc1Cl. The number of benzene rings is 3. The molecule has 0 bridgehead atoms. The van der Waals surface area contributed by atoms with Crippen LogP contribution in [0.4, 0.5) is 5.69 Å². The number of hydrogen-bond donors (Lipinski definition) is 2. The number of para-hydroxylation sites is 1. The van der Waals surface area contributed by atoms with Gasteiger partial charge in [0.25, 0.3) is 5.91 Å². The summed E-state index contributed by atoms with van der Waals surface area (Å²) in [6.45, 7) is 0. The zero-order chi connectivity index (χ0) is 18.1. The molecule has 0 fully saturated rings. The fraction of sp³-hybridized carbons (Fsp3) is 0. The molecule has 1 aromatic heterocycles. The number of rotatable bonds is 3. The van der Waals surface area contributed by atoms with Gasteiger partial charge < -0.3 is 10.4 Å². The molecule has 5 nitrogen and oxygen atoms in total. The number of phenolic OH excluding ortho intramolecular Hbond substituents is 1. The molecular weight excluding hydrogens is 350 g/mol. The zero-order valence-corrected chi connectivity index (χ0v) is 14.3. The first-order valence-electron chi connectivity index (χ1n) is 7.94. The molecule has 6 heteroatoms. The van der Waals surface area contributed by atoms with E-state index in [1.54, 1.807) is 18.5 Å². The van der Waals surface area contributed by atoms with Crippen LogP contribution in [-0.2, 0) is 0 Å². The number of halogens is 1. The number of amides is 1. The van der Waals surface area contributed by atoms with E-state index in [2.05, 4.69) is 10.3 Å². The summed E-state index contributed by atoms with van der Waals surface area (Å²) in [4.78, 5) is 16.8. The van der Waals surface area contributed by atoms with Crippen molar-refractivity contribution in [1.82, 2.24) is 9.55 Å². The zero-order valence-electron chi connectivity index (χ0n) is 13.6. The number of aromatic hydroxyl groups is 1. The van der Waals surface area contributed by atoms with Gasteiger partial charge in [0.05, 0.1) is 21.6 Å². The first kappa shape index (κ1) is 16.2. The highest BCUT2D eigenvalue weighted by Gasteiger charge is 2.13. The van der Waals surface area contributed by atoms with Gasteiger partial charge in [-0.3, -0.25) is 9.36 Å². The number of nitrogens with one attached hydrogen (secondary N) is 1. The molecule has 26 heavy (non-hydrogen) atoms. The summed E-state index contributed by atoms with van der Waals surface area (Å²) in [5.74, 6) is -0.413. The minimum atomic E-state index is -0.396. The van der Waals surface area contributed by atoms with Gasteiger partial charge in [-0.05, 0) is 48.5 Å². The molecule has 0 saturated heterocycles. The Kier molecular flexibility index (Phi) is 4.07. The van der Waals surface area contributed by atoms with Crippen molar-refractivity contribution in [2.45, 2.75) is 0 Å². The van der Waals surface area contributed by atoms with Gasteiger partial charge in [-0.25, -0.2) is 4.98 Å². The van der Waals surface area contributed by atoms with Crippen LogP contribution in [-0.4, -0.2) is 20.6 Å². The molecule has 0 saturated carbocycles. The van der Waals surface area contributed by atoms with Crippen molar-refractivity contribution in [1.29, 1.82) is 0 Å². The van der Waals surface area contributed by atoms with Crippen molar-refractivity contribution in [2.75, 3.05) is 5.32 Å². The van der Waals surface area contributed by atoms with Crippen molar-refractivity contribution < 1.29 is 9.90 Å². The van der Waals surface area contributed by atoms with Crippen molar-refractivity contribution in [3.63, 3.8) is 0 Å². The monoisotopic (exact) mass is 363 g/mol. The smallest absolute Gasteiger partial charge is 0.257 e. The Morgan fingerprint density at radius 3 is 2.65 bits per heavy atom. The summed E-state index contributed by atoms with van der Waals surface area (Å²) in [5.41, 5.74) is 3.51. The molecule has 2 N–H and O–H groups in total. The Morgan fingerprint density at radius 2 is 1.85 bits per heavy atom. The van der Waals surface area contributed by atoms with Crippen LogP contribution in [0.5, 0.6) is 5.75 Å². The summed E-state index contributed by atoms with van der Waals surface area (Å²) in [6.07, 6.45) is 1.75.